The Labute approximate surface area is 127 Å². The summed E-state index contributed by atoms with van der Waals surface area (Å²) in [4.78, 5) is 25.2. The number of nitrogens with one attached hydrogen (secondary N) is 1. The van der Waals surface area contributed by atoms with Crippen LogP contribution in [0.15, 0.2) is 36.4 Å². The van der Waals surface area contributed by atoms with Crippen molar-refractivity contribution in [2.75, 3.05) is 5.32 Å². The van der Waals surface area contributed by atoms with E-state index in [4.69, 9.17) is 5.11 Å². The molecule has 2 N–H and O–H groups in total. The van der Waals surface area contributed by atoms with Crippen LogP contribution in [0.2, 0.25) is 0 Å². The molecule has 0 aliphatic carbocycles. The molecule has 1 heterocycles. The minimum atomic E-state index is -0.882. The van der Waals surface area contributed by atoms with Crippen LogP contribution in [-0.4, -0.2) is 17.0 Å². The van der Waals surface area contributed by atoms with Gasteiger partial charge in [-0.1, -0.05) is 12.1 Å². The lowest BCUT2D eigenvalue weighted by molar-refractivity contribution is -0.138. The molecule has 2 aromatic rings. The molecule has 0 aliphatic heterocycles. The zero-order chi connectivity index (χ0) is 15.4. The molecule has 2 rings (SSSR count). The largest absolute Gasteiger partial charge is 0.481 e. The topological polar surface area (TPSA) is 66.4 Å². The van der Waals surface area contributed by atoms with Crippen LogP contribution in [-0.2, 0) is 16.0 Å². The fraction of sp³-hybridized carbons (Fsp3) is 0.250. The quantitative estimate of drug-likeness (QED) is 0.889. The van der Waals surface area contributed by atoms with Crippen LogP contribution < -0.4 is 5.32 Å². The van der Waals surface area contributed by atoms with Gasteiger partial charge in [0, 0.05) is 15.4 Å². The van der Waals surface area contributed by atoms with Crippen molar-refractivity contribution in [1.82, 2.24) is 0 Å². The van der Waals surface area contributed by atoms with E-state index in [1.54, 1.807) is 42.5 Å². The van der Waals surface area contributed by atoms with Gasteiger partial charge < -0.3 is 10.4 Å². The van der Waals surface area contributed by atoms with Crippen LogP contribution in [0.3, 0.4) is 0 Å². The normalized spacial score (nSPS) is 11.9. The summed E-state index contributed by atoms with van der Waals surface area (Å²) in [7, 11) is 0. The van der Waals surface area contributed by atoms with E-state index in [9.17, 15) is 9.59 Å². The van der Waals surface area contributed by atoms with E-state index in [-0.39, 0.29) is 5.91 Å². The van der Waals surface area contributed by atoms with Crippen molar-refractivity contribution in [3.05, 3.63) is 51.7 Å². The van der Waals surface area contributed by atoms with Crippen molar-refractivity contribution >= 4 is 28.9 Å². The van der Waals surface area contributed by atoms with Crippen molar-refractivity contribution in [3.8, 4) is 0 Å². The molecule has 110 valence electrons. The molecule has 0 bridgehead atoms. The number of thiophene rings is 1. The van der Waals surface area contributed by atoms with Gasteiger partial charge in [-0.15, -0.1) is 11.3 Å². The first-order valence-corrected chi connectivity index (χ1v) is 7.45. The van der Waals surface area contributed by atoms with E-state index in [0.717, 1.165) is 4.88 Å². The lowest BCUT2D eigenvalue weighted by atomic mass is 10.0. The number of aliphatic carboxylic acids is 1. The van der Waals surface area contributed by atoms with Crippen LogP contribution in [0.1, 0.15) is 28.2 Å². The lowest BCUT2D eigenvalue weighted by Crippen LogP contribution is -2.14. The van der Waals surface area contributed by atoms with Crippen molar-refractivity contribution in [1.29, 1.82) is 0 Å². The highest BCUT2D eigenvalue weighted by molar-refractivity contribution is 7.12. The van der Waals surface area contributed by atoms with Crippen molar-refractivity contribution in [2.24, 2.45) is 0 Å². The maximum Gasteiger partial charge on any atom is 0.310 e. The number of carbonyl (C=O) groups is 2. The minimum absolute atomic E-state index is 0.100. The zero-order valence-corrected chi connectivity index (χ0v) is 12.7. The molecule has 0 saturated carbocycles. The van der Waals surface area contributed by atoms with E-state index < -0.39 is 11.9 Å². The summed E-state index contributed by atoms with van der Waals surface area (Å²) in [5, 5.41) is 11.8. The smallest absolute Gasteiger partial charge is 0.310 e. The Morgan fingerprint density at radius 2 is 2.05 bits per heavy atom. The molecule has 1 atom stereocenters. The van der Waals surface area contributed by atoms with Gasteiger partial charge in [-0.25, -0.2) is 0 Å². The Morgan fingerprint density at radius 3 is 2.67 bits per heavy atom. The fourth-order valence-electron chi connectivity index (χ4n) is 1.97. The predicted octanol–water partition coefficient (Wildman–Crippen LogP) is 3.43. The first kappa shape index (κ1) is 15.3. The van der Waals surface area contributed by atoms with Crippen LogP contribution in [0, 0.1) is 6.92 Å². The maximum atomic E-state index is 12.0. The molecule has 0 aliphatic rings. The summed E-state index contributed by atoms with van der Waals surface area (Å²) in [5.74, 6) is -1.58. The monoisotopic (exact) mass is 303 g/mol. The molecular formula is C16H17NO3S. The molecule has 5 heteroatoms. The van der Waals surface area contributed by atoms with Crippen LogP contribution in [0.25, 0.3) is 0 Å². The Kier molecular flexibility index (Phi) is 4.75. The molecule has 0 radical (unpaired) electrons. The third-order valence-electron chi connectivity index (χ3n) is 3.17. The first-order chi connectivity index (χ1) is 9.95. The number of rotatable bonds is 5. The molecule has 21 heavy (non-hydrogen) atoms. The Morgan fingerprint density at radius 1 is 1.29 bits per heavy atom. The number of benzene rings is 1. The van der Waals surface area contributed by atoms with Gasteiger partial charge in [0.1, 0.15) is 0 Å². The highest BCUT2D eigenvalue weighted by Crippen LogP contribution is 2.20. The molecule has 1 amide bonds. The number of carboxylic acid groups (broad SMARTS) is 1. The highest BCUT2D eigenvalue weighted by atomic mass is 32.1. The second-order valence-electron chi connectivity index (χ2n) is 4.92. The van der Waals surface area contributed by atoms with Gasteiger partial charge in [0.2, 0.25) is 5.91 Å². The number of hydrogen-bond acceptors (Lipinski definition) is 3. The SMILES string of the molecule is Cc1ccc(CC(=O)Nc2cccc(C(C)C(=O)O)c2)s1. The molecule has 1 unspecified atom stereocenters. The summed E-state index contributed by atoms with van der Waals surface area (Å²) in [6.45, 7) is 3.63. The van der Waals surface area contributed by atoms with Gasteiger partial charge in [-0.2, -0.15) is 0 Å². The van der Waals surface area contributed by atoms with Crippen LogP contribution in [0.4, 0.5) is 5.69 Å². The van der Waals surface area contributed by atoms with Crippen LogP contribution in [0.5, 0.6) is 0 Å². The predicted molar refractivity (Wildman–Crippen MR) is 83.9 cm³/mol. The van der Waals surface area contributed by atoms with E-state index in [1.807, 2.05) is 19.1 Å². The van der Waals surface area contributed by atoms with Gasteiger partial charge in [0.25, 0.3) is 0 Å². The van der Waals surface area contributed by atoms with Gasteiger partial charge in [0.15, 0.2) is 0 Å². The number of anilines is 1. The standard InChI is InChI=1S/C16H17NO3S/c1-10-6-7-14(21-10)9-15(18)17-13-5-3-4-12(8-13)11(2)16(19)20/h3-8,11H,9H2,1-2H3,(H,17,18)(H,19,20). The van der Waals surface area contributed by atoms with Crippen molar-refractivity contribution < 1.29 is 14.7 Å². The van der Waals surface area contributed by atoms with E-state index in [1.165, 1.54) is 4.88 Å². The first-order valence-electron chi connectivity index (χ1n) is 6.63. The second-order valence-corrected chi connectivity index (χ2v) is 6.30. The second kappa shape index (κ2) is 6.54. The maximum absolute atomic E-state index is 12.0. The van der Waals surface area contributed by atoms with Gasteiger partial charge in [0.05, 0.1) is 12.3 Å². The molecule has 0 fully saturated rings. The number of carboxylic acids is 1. The summed E-state index contributed by atoms with van der Waals surface area (Å²) in [5.41, 5.74) is 1.30. The number of aryl methyl sites for hydroxylation is 1. The molecular weight excluding hydrogens is 286 g/mol. The number of amides is 1. The van der Waals surface area contributed by atoms with E-state index in [0.29, 0.717) is 17.7 Å². The minimum Gasteiger partial charge on any atom is -0.481 e. The fourth-order valence-corrected chi connectivity index (χ4v) is 2.86. The van der Waals surface area contributed by atoms with Crippen LogP contribution >= 0.6 is 11.3 Å². The van der Waals surface area contributed by atoms with Gasteiger partial charge >= 0.3 is 5.97 Å². The zero-order valence-electron chi connectivity index (χ0n) is 11.9. The average Bonchev–Trinajstić information content (AvgIpc) is 2.83. The van der Waals surface area contributed by atoms with Crippen molar-refractivity contribution in [3.63, 3.8) is 0 Å². The average molecular weight is 303 g/mol. The Balaban J connectivity index is 2.04. The summed E-state index contributed by atoms with van der Waals surface area (Å²) >= 11 is 1.60. The van der Waals surface area contributed by atoms with E-state index >= 15 is 0 Å². The molecule has 0 saturated heterocycles. The van der Waals surface area contributed by atoms with Crippen molar-refractivity contribution in [2.45, 2.75) is 26.2 Å². The molecule has 0 spiro atoms. The summed E-state index contributed by atoms with van der Waals surface area (Å²) in [6.07, 6.45) is 0.331. The van der Waals surface area contributed by atoms with Gasteiger partial charge in [-0.05, 0) is 43.7 Å². The molecule has 1 aromatic carbocycles. The Hall–Kier alpha value is -2.14. The third-order valence-corrected chi connectivity index (χ3v) is 4.17. The Bertz CT molecular complexity index is 663. The molecule has 1 aromatic heterocycles. The third kappa shape index (κ3) is 4.16. The van der Waals surface area contributed by atoms with E-state index in [2.05, 4.69) is 5.32 Å². The highest BCUT2D eigenvalue weighted by Gasteiger charge is 2.14. The lowest BCUT2D eigenvalue weighted by Gasteiger charge is -2.09. The summed E-state index contributed by atoms with van der Waals surface area (Å²) < 4.78 is 0. The number of carbonyl (C=O) groups excluding carboxylic acids is 1. The molecule has 4 nitrogen and oxygen atoms in total. The van der Waals surface area contributed by atoms with Gasteiger partial charge in [-0.3, -0.25) is 9.59 Å². The number of hydrogen-bond donors (Lipinski definition) is 2. The summed E-state index contributed by atoms with van der Waals surface area (Å²) in [6, 6.07) is 10.9.